The molecule has 0 N–H and O–H groups in total. The van der Waals surface area contributed by atoms with Crippen LogP contribution in [0.5, 0.6) is 5.75 Å². The molecule has 0 saturated carbocycles. The maximum absolute atomic E-state index is 13.3. The molecule has 0 radical (unpaired) electrons. The molecule has 5 nitrogen and oxygen atoms in total. The van der Waals surface area contributed by atoms with E-state index in [9.17, 15) is 14.5 Å². The molecular weight excluding hydrogens is 331 g/mol. The van der Waals surface area contributed by atoms with Crippen LogP contribution in [0.3, 0.4) is 0 Å². The predicted molar refractivity (Wildman–Crippen MR) is 74.0 cm³/mol. The van der Waals surface area contributed by atoms with Crippen LogP contribution in [0.4, 0.5) is 10.2 Å². The lowest BCUT2D eigenvalue weighted by Crippen LogP contribution is -2.06. The van der Waals surface area contributed by atoms with Crippen LogP contribution in [-0.2, 0) is 0 Å². The van der Waals surface area contributed by atoms with E-state index in [1.165, 1.54) is 30.5 Å². The second kappa shape index (κ2) is 5.96. The van der Waals surface area contributed by atoms with Crippen LogP contribution in [0.25, 0.3) is 0 Å². The largest absolute Gasteiger partial charge is 0.478 e. The minimum absolute atomic E-state index is 0.0427. The van der Waals surface area contributed by atoms with E-state index >= 15 is 0 Å². The van der Waals surface area contributed by atoms with Gasteiger partial charge < -0.3 is 14.9 Å². The fourth-order valence-corrected chi connectivity index (χ4v) is 2.26. The molecular formula is C13H10BrFN2O3. The van der Waals surface area contributed by atoms with E-state index in [-0.39, 0.29) is 11.6 Å². The van der Waals surface area contributed by atoms with Crippen molar-refractivity contribution < 1.29 is 14.1 Å². The summed E-state index contributed by atoms with van der Waals surface area (Å²) in [7, 11) is 0. The number of hydrogen-bond acceptors (Lipinski definition) is 4. The van der Waals surface area contributed by atoms with Gasteiger partial charge in [-0.3, -0.25) is 0 Å². The minimum Gasteiger partial charge on any atom is -0.478 e. The standard InChI is InChI=1S/C13H10BrFN2O3/c1-8(10-7-9(15)4-5-11(10)14)20-12-3-2-6-16-13(12)17(18)19/h2-8H,1H3. The molecule has 7 heteroatoms. The van der Waals surface area contributed by atoms with Gasteiger partial charge in [0.15, 0.2) is 0 Å². The lowest BCUT2D eigenvalue weighted by molar-refractivity contribution is -0.390. The normalized spacial score (nSPS) is 11.9. The summed E-state index contributed by atoms with van der Waals surface area (Å²) < 4.78 is 19.4. The Morgan fingerprint density at radius 1 is 1.45 bits per heavy atom. The molecule has 0 bridgehead atoms. The van der Waals surface area contributed by atoms with Crippen molar-refractivity contribution in [1.29, 1.82) is 0 Å². The third kappa shape index (κ3) is 3.11. The number of nitrogens with zero attached hydrogens (tertiary/aromatic N) is 2. The zero-order chi connectivity index (χ0) is 14.7. The Balaban J connectivity index is 2.30. The van der Waals surface area contributed by atoms with Gasteiger partial charge in [-0.2, -0.15) is 0 Å². The van der Waals surface area contributed by atoms with Crippen molar-refractivity contribution in [2.45, 2.75) is 13.0 Å². The molecule has 2 aromatic rings. The van der Waals surface area contributed by atoms with Gasteiger partial charge in [0, 0.05) is 10.0 Å². The van der Waals surface area contributed by atoms with Crippen LogP contribution >= 0.6 is 15.9 Å². The first kappa shape index (κ1) is 14.4. The Morgan fingerprint density at radius 3 is 2.90 bits per heavy atom. The summed E-state index contributed by atoms with van der Waals surface area (Å²) in [4.78, 5) is 13.9. The Bertz CT molecular complexity index is 651. The molecule has 0 fully saturated rings. The number of rotatable bonds is 4. The van der Waals surface area contributed by atoms with Gasteiger partial charge in [0.2, 0.25) is 5.75 Å². The second-order valence-corrected chi connectivity index (χ2v) is 4.86. The smallest absolute Gasteiger partial charge is 0.406 e. The maximum atomic E-state index is 13.3. The van der Waals surface area contributed by atoms with Gasteiger partial charge in [-0.25, -0.2) is 4.39 Å². The number of pyridine rings is 1. The Morgan fingerprint density at radius 2 is 2.20 bits per heavy atom. The van der Waals surface area contributed by atoms with E-state index in [0.717, 1.165) is 0 Å². The molecule has 1 aromatic heterocycles. The van der Waals surface area contributed by atoms with Crippen LogP contribution in [0.15, 0.2) is 41.0 Å². The van der Waals surface area contributed by atoms with Gasteiger partial charge in [-0.05, 0) is 47.2 Å². The third-order valence-corrected chi connectivity index (χ3v) is 3.35. The predicted octanol–water partition coefficient (Wildman–Crippen LogP) is 4.03. The fraction of sp³-hybridized carbons (Fsp3) is 0.154. The van der Waals surface area contributed by atoms with Crippen LogP contribution in [0.2, 0.25) is 0 Å². The zero-order valence-electron chi connectivity index (χ0n) is 10.4. The summed E-state index contributed by atoms with van der Waals surface area (Å²) in [6.07, 6.45) is 0.747. The van der Waals surface area contributed by atoms with Crippen molar-refractivity contribution in [2.75, 3.05) is 0 Å². The average molecular weight is 341 g/mol. The van der Waals surface area contributed by atoms with Crippen LogP contribution in [0, 0.1) is 15.9 Å². The molecule has 0 saturated heterocycles. The lowest BCUT2D eigenvalue weighted by atomic mass is 10.1. The first-order chi connectivity index (χ1) is 9.49. The molecule has 0 aliphatic rings. The van der Waals surface area contributed by atoms with Crippen molar-refractivity contribution >= 4 is 21.7 Å². The highest BCUT2D eigenvalue weighted by Gasteiger charge is 2.20. The molecule has 1 heterocycles. The van der Waals surface area contributed by atoms with E-state index in [1.807, 2.05) is 0 Å². The molecule has 1 atom stereocenters. The van der Waals surface area contributed by atoms with Crippen LogP contribution in [-0.4, -0.2) is 9.91 Å². The number of halogens is 2. The average Bonchev–Trinajstić information content (AvgIpc) is 2.41. The molecule has 20 heavy (non-hydrogen) atoms. The van der Waals surface area contributed by atoms with Gasteiger partial charge in [0.25, 0.3) is 0 Å². The van der Waals surface area contributed by atoms with Crippen molar-refractivity contribution in [2.24, 2.45) is 0 Å². The Hall–Kier alpha value is -2.02. The van der Waals surface area contributed by atoms with Crippen molar-refractivity contribution in [1.82, 2.24) is 4.98 Å². The molecule has 0 amide bonds. The number of nitro groups is 1. The van der Waals surface area contributed by atoms with Gasteiger partial charge in [0.05, 0.1) is 0 Å². The lowest BCUT2D eigenvalue weighted by Gasteiger charge is -2.16. The number of ether oxygens (including phenoxy) is 1. The van der Waals surface area contributed by atoms with E-state index in [0.29, 0.717) is 10.0 Å². The summed E-state index contributed by atoms with van der Waals surface area (Å²) in [5.74, 6) is -0.729. The number of hydrogen-bond donors (Lipinski definition) is 0. The summed E-state index contributed by atoms with van der Waals surface area (Å²) in [5, 5.41) is 10.9. The van der Waals surface area contributed by atoms with Crippen LogP contribution < -0.4 is 4.74 Å². The first-order valence-corrected chi connectivity index (χ1v) is 6.49. The monoisotopic (exact) mass is 340 g/mol. The van der Waals surface area contributed by atoms with E-state index < -0.39 is 16.8 Å². The highest BCUT2D eigenvalue weighted by molar-refractivity contribution is 9.10. The summed E-state index contributed by atoms with van der Waals surface area (Å²) >= 11 is 3.30. The second-order valence-electron chi connectivity index (χ2n) is 4.01. The highest BCUT2D eigenvalue weighted by atomic mass is 79.9. The van der Waals surface area contributed by atoms with Crippen molar-refractivity contribution in [3.8, 4) is 5.75 Å². The topological polar surface area (TPSA) is 65.3 Å². The van der Waals surface area contributed by atoms with Gasteiger partial charge in [-0.1, -0.05) is 15.9 Å². The third-order valence-electron chi connectivity index (χ3n) is 2.62. The fourth-order valence-electron chi connectivity index (χ4n) is 1.69. The summed E-state index contributed by atoms with van der Waals surface area (Å²) in [6, 6.07) is 7.18. The highest BCUT2D eigenvalue weighted by Crippen LogP contribution is 2.31. The van der Waals surface area contributed by atoms with Gasteiger partial charge >= 0.3 is 5.82 Å². The molecule has 1 aromatic carbocycles. The van der Waals surface area contributed by atoms with Gasteiger partial charge in [0.1, 0.15) is 18.1 Å². The number of aromatic nitrogens is 1. The molecule has 104 valence electrons. The number of benzene rings is 1. The van der Waals surface area contributed by atoms with Crippen molar-refractivity contribution in [3.05, 3.63) is 62.5 Å². The zero-order valence-corrected chi connectivity index (χ0v) is 12.0. The Labute approximate surface area is 122 Å². The molecule has 0 aliphatic heterocycles. The quantitative estimate of drug-likeness (QED) is 0.622. The Kier molecular flexibility index (Phi) is 4.29. The van der Waals surface area contributed by atoms with Gasteiger partial charge in [-0.15, -0.1) is 0 Å². The van der Waals surface area contributed by atoms with E-state index in [4.69, 9.17) is 4.74 Å². The SMILES string of the molecule is CC(Oc1cccnc1[N+](=O)[O-])c1cc(F)ccc1Br. The molecule has 0 spiro atoms. The first-order valence-electron chi connectivity index (χ1n) is 5.70. The molecule has 1 unspecified atom stereocenters. The van der Waals surface area contributed by atoms with E-state index in [1.54, 1.807) is 13.0 Å². The minimum atomic E-state index is -0.622. The molecule has 0 aliphatic carbocycles. The molecule has 2 rings (SSSR count). The maximum Gasteiger partial charge on any atom is 0.406 e. The van der Waals surface area contributed by atoms with E-state index in [2.05, 4.69) is 20.9 Å². The summed E-state index contributed by atoms with van der Waals surface area (Å²) in [5.41, 5.74) is 0.558. The van der Waals surface area contributed by atoms with Crippen LogP contribution in [0.1, 0.15) is 18.6 Å². The summed E-state index contributed by atoms with van der Waals surface area (Å²) in [6.45, 7) is 1.68. The van der Waals surface area contributed by atoms with Crippen molar-refractivity contribution in [3.63, 3.8) is 0 Å².